The van der Waals surface area contributed by atoms with Crippen molar-refractivity contribution in [2.75, 3.05) is 6.61 Å². The molecule has 0 amide bonds. The maximum absolute atomic E-state index is 11.4. The Hall–Kier alpha value is -0.380. The Labute approximate surface area is 145 Å². The van der Waals surface area contributed by atoms with Crippen LogP contribution in [0.5, 0.6) is 0 Å². The van der Waals surface area contributed by atoms with E-state index in [9.17, 15) is 10.2 Å². The van der Waals surface area contributed by atoms with Gasteiger partial charge in [-0.2, -0.15) is 0 Å². The van der Waals surface area contributed by atoms with Crippen LogP contribution >= 0.6 is 0 Å². The number of epoxide rings is 1. The van der Waals surface area contributed by atoms with E-state index in [1.807, 2.05) is 0 Å². The molecule has 4 fully saturated rings. The Morgan fingerprint density at radius 3 is 2.58 bits per heavy atom. The van der Waals surface area contributed by atoms with E-state index in [1.165, 1.54) is 12.0 Å². The van der Waals surface area contributed by atoms with Gasteiger partial charge >= 0.3 is 0 Å². The zero-order valence-electron chi connectivity index (χ0n) is 15.1. The van der Waals surface area contributed by atoms with E-state index in [1.54, 1.807) is 0 Å². The molecule has 5 aliphatic rings. The van der Waals surface area contributed by atoms with Gasteiger partial charge in [-0.25, -0.2) is 0 Å². The molecule has 3 heteroatoms. The summed E-state index contributed by atoms with van der Waals surface area (Å²) in [6, 6.07) is 0. The summed E-state index contributed by atoms with van der Waals surface area (Å²) < 4.78 is 5.57. The second kappa shape index (κ2) is 4.86. The maximum atomic E-state index is 11.4. The number of rotatable bonds is 1. The first-order valence-corrected chi connectivity index (χ1v) is 10.1. The van der Waals surface area contributed by atoms with Gasteiger partial charge in [0.2, 0.25) is 0 Å². The first-order valence-electron chi connectivity index (χ1n) is 10.1. The monoisotopic (exact) mass is 332 g/mol. The van der Waals surface area contributed by atoms with Crippen LogP contribution in [0.25, 0.3) is 0 Å². The highest BCUT2D eigenvalue weighted by molar-refractivity contribution is 5.26. The van der Waals surface area contributed by atoms with Crippen molar-refractivity contribution in [2.45, 2.75) is 83.0 Å². The Morgan fingerprint density at radius 2 is 1.83 bits per heavy atom. The lowest BCUT2D eigenvalue weighted by atomic mass is 9.47. The SMILES string of the molecule is C[C@]12CC[C@H](O)CC1=CCC1C2CC[C@@]2(C)C1CC[C@@]2(O)C1CO1. The standard InChI is InChI=1S/C21H32O3/c1-19-8-5-14(22)11-13(19)3-4-15-16(19)6-9-20(2)17(15)7-10-21(20,23)18-12-24-18/h3,14-18,22-23H,4-12H2,1-2H3/t14-,15?,16?,17?,18?,19-,20-,21+/m0/s1. The summed E-state index contributed by atoms with van der Waals surface area (Å²) in [5.41, 5.74) is 1.27. The predicted molar refractivity (Wildman–Crippen MR) is 92.4 cm³/mol. The van der Waals surface area contributed by atoms with E-state index in [2.05, 4.69) is 19.9 Å². The molecule has 0 aromatic heterocycles. The average molecular weight is 332 g/mol. The smallest absolute Gasteiger partial charge is 0.110 e. The van der Waals surface area contributed by atoms with Crippen molar-refractivity contribution in [1.82, 2.24) is 0 Å². The van der Waals surface area contributed by atoms with Crippen LogP contribution in [-0.2, 0) is 4.74 Å². The van der Waals surface area contributed by atoms with Crippen molar-refractivity contribution < 1.29 is 14.9 Å². The minimum absolute atomic E-state index is 0.0330. The van der Waals surface area contributed by atoms with Gasteiger partial charge in [0.25, 0.3) is 0 Å². The van der Waals surface area contributed by atoms with Crippen molar-refractivity contribution in [2.24, 2.45) is 28.6 Å². The van der Waals surface area contributed by atoms with Crippen molar-refractivity contribution in [1.29, 1.82) is 0 Å². The van der Waals surface area contributed by atoms with Crippen molar-refractivity contribution in [3.05, 3.63) is 11.6 Å². The van der Waals surface area contributed by atoms with Gasteiger partial charge in [0.1, 0.15) is 6.10 Å². The fourth-order valence-corrected chi connectivity index (χ4v) is 7.55. The van der Waals surface area contributed by atoms with Gasteiger partial charge < -0.3 is 14.9 Å². The molecular weight excluding hydrogens is 300 g/mol. The minimum atomic E-state index is -0.587. The molecule has 1 aliphatic heterocycles. The van der Waals surface area contributed by atoms with Crippen molar-refractivity contribution in [3.63, 3.8) is 0 Å². The van der Waals surface area contributed by atoms with E-state index >= 15 is 0 Å². The first-order chi connectivity index (χ1) is 11.4. The Bertz CT molecular complexity index is 582. The summed E-state index contributed by atoms with van der Waals surface area (Å²) in [5, 5.41) is 21.5. The van der Waals surface area contributed by atoms with Crippen LogP contribution in [0.3, 0.4) is 0 Å². The molecule has 0 aromatic rings. The van der Waals surface area contributed by atoms with Crippen LogP contribution < -0.4 is 0 Å². The molecule has 0 aromatic carbocycles. The van der Waals surface area contributed by atoms with E-state index in [-0.39, 0.29) is 17.6 Å². The normalized spacial score (nSPS) is 59.2. The average Bonchev–Trinajstić information content (AvgIpc) is 3.36. The fraction of sp³-hybridized carbons (Fsp3) is 0.905. The lowest BCUT2D eigenvalue weighted by Crippen LogP contribution is -2.56. The van der Waals surface area contributed by atoms with Crippen LogP contribution in [0.15, 0.2) is 11.6 Å². The van der Waals surface area contributed by atoms with Crippen molar-refractivity contribution in [3.8, 4) is 0 Å². The summed E-state index contributed by atoms with van der Waals surface area (Å²) in [4.78, 5) is 0. The lowest BCUT2D eigenvalue weighted by molar-refractivity contribution is -0.134. The van der Waals surface area contributed by atoms with E-state index in [4.69, 9.17) is 4.74 Å². The topological polar surface area (TPSA) is 53.0 Å². The van der Waals surface area contributed by atoms with Crippen LogP contribution in [0.2, 0.25) is 0 Å². The zero-order valence-corrected chi connectivity index (χ0v) is 15.1. The van der Waals surface area contributed by atoms with E-state index < -0.39 is 5.60 Å². The summed E-state index contributed by atoms with van der Waals surface area (Å²) >= 11 is 0. The molecule has 8 atom stereocenters. The van der Waals surface area contributed by atoms with Crippen LogP contribution in [0, 0.1) is 28.6 Å². The summed E-state index contributed by atoms with van der Waals surface area (Å²) in [5.74, 6) is 2.08. The Balaban J connectivity index is 1.49. The summed E-state index contributed by atoms with van der Waals surface area (Å²) in [6.07, 6.45) is 11.0. The number of hydrogen-bond donors (Lipinski definition) is 2. The molecular formula is C21H32O3. The lowest BCUT2D eigenvalue weighted by Gasteiger charge is -2.58. The van der Waals surface area contributed by atoms with Gasteiger partial charge in [-0.05, 0) is 74.5 Å². The Kier molecular flexibility index (Phi) is 3.21. The molecule has 1 heterocycles. The van der Waals surface area contributed by atoms with Gasteiger partial charge in [-0.15, -0.1) is 0 Å². The number of fused-ring (bicyclic) bond motifs is 5. The Morgan fingerprint density at radius 1 is 1.08 bits per heavy atom. The predicted octanol–water partition coefficient (Wildman–Crippen LogP) is 3.44. The largest absolute Gasteiger partial charge is 0.393 e. The third-order valence-electron chi connectivity index (χ3n) is 9.16. The third-order valence-corrected chi connectivity index (χ3v) is 9.16. The molecule has 0 spiro atoms. The molecule has 0 bridgehead atoms. The molecule has 5 rings (SSSR count). The highest BCUT2D eigenvalue weighted by Gasteiger charge is 2.67. The molecule has 4 unspecified atom stereocenters. The number of allylic oxidation sites excluding steroid dienone is 1. The molecule has 0 radical (unpaired) electrons. The molecule has 3 saturated carbocycles. The van der Waals surface area contributed by atoms with Crippen LogP contribution in [0.1, 0.15) is 65.2 Å². The van der Waals surface area contributed by atoms with E-state index in [0.29, 0.717) is 17.3 Å². The van der Waals surface area contributed by atoms with Crippen molar-refractivity contribution >= 4 is 0 Å². The zero-order chi connectivity index (χ0) is 16.7. The molecule has 24 heavy (non-hydrogen) atoms. The molecule has 1 saturated heterocycles. The van der Waals surface area contributed by atoms with Gasteiger partial charge in [0.05, 0.1) is 18.3 Å². The second-order valence-electron chi connectivity index (χ2n) is 9.90. The number of aliphatic hydroxyl groups is 2. The maximum Gasteiger partial charge on any atom is 0.110 e. The quantitative estimate of drug-likeness (QED) is 0.571. The molecule has 2 N–H and O–H groups in total. The van der Waals surface area contributed by atoms with Crippen LogP contribution in [0.4, 0.5) is 0 Å². The second-order valence-corrected chi connectivity index (χ2v) is 9.90. The van der Waals surface area contributed by atoms with Gasteiger partial charge in [-0.1, -0.05) is 25.5 Å². The first kappa shape index (κ1) is 15.8. The molecule has 4 aliphatic carbocycles. The number of ether oxygens (including phenoxy) is 1. The van der Waals surface area contributed by atoms with E-state index in [0.717, 1.165) is 57.5 Å². The van der Waals surface area contributed by atoms with Gasteiger partial charge in [0.15, 0.2) is 0 Å². The van der Waals surface area contributed by atoms with Crippen LogP contribution in [-0.4, -0.2) is 34.6 Å². The summed E-state index contributed by atoms with van der Waals surface area (Å²) in [6.45, 7) is 5.58. The third kappa shape index (κ3) is 1.84. The molecule has 3 nitrogen and oxygen atoms in total. The highest BCUT2D eigenvalue weighted by atomic mass is 16.6. The molecule has 134 valence electrons. The number of hydrogen-bond acceptors (Lipinski definition) is 3. The summed E-state index contributed by atoms with van der Waals surface area (Å²) in [7, 11) is 0. The number of aliphatic hydroxyl groups excluding tert-OH is 1. The fourth-order valence-electron chi connectivity index (χ4n) is 7.55. The van der Waals surface area contributed by atoms with Gasteiger partial charge in [-0.3, -0.25) is 0 Å². The van der Waals surface area contributed by atoms with Gasteiger partial charge in [0, 0.05) is 5.41 Å². The highest BCUT2D eigenvalue weighted by Crippen LogP contribution is 2.68. The minimum Gasteiger partial charge on any atom is -0.393 e.